The molecule has 0 aliphatic heterocycles. The first-order chi connectivity index (χ1) is 17.0. The fraction of sp³-hybridized carbons (Fsp3) is 0.273. The molecule has 13 heteroatoms. The quantitative estimate of drug-likeness (QED) is 0.174. The van der Waals surface area contributed by atoms with Gasteiger partial charge in [-0.3, -0.25) is 10.1 Å². The van der Waals surface area contributed by atoms with E-state index in [4.69, 9.17) is 20.1 Å². The molecule has 1 heterocycles. The largest absolute Gasteiger partial charge is 0.489 e. The van der Waals surface area contributed by atoms with Crippen LogP contribution in [0.4, 0.5) is 32.8 Å². The van der Waals surface area contributed by atoms with Gasteiger partial charge in [0, 0.05) is 24.8 Å². The Hall–Kier alpha value is -3.78. The first-order valence-electron chi connectivity index (χ1n) is 10.6. The number of azo groups is 2. The van der Waals surface area contributed by atoms with Crippen LogP contribution in [0, 0.1) is 10.1 Å². The van der Waals surface area contributed by atoms with E-state index in [0.717, 1.165) is 5.69 Å². The molecule has 3 rings (SSSR count). The van der Waals surface area contributed by atoms with Crippen molar-refractivity contribution in [3.63, 3.8) is 0 Å². The summed E-state index contributed by atoms with van der Waals surface area (Å²) < 4.78 is 5.34. The third kappa shape index (κ3) is 7.61. The third-order valence-electron chi connectivity index (χ3n) is 4.56. The van der Waals surface area contributed by atoms with Gasteiger partial charge >= 0.3 is 0 Å². The molecule has 184 valence electrons. The van der Waals surface area contributed by atoms with Crippen LogP contribution < -0.4 is 9.64 Å². The maximum absolute atomic E-state index is 11.0. The average molecular weight is 501 g/mol. The van der Waals surface area contributed by atoms with E-state index in [-0.39, 0.29) is 43.6 Å². The summed E-state index contributed by atoms with van der Waals surface area (Å²) in [6.07, 6.45) is 0. The molecule has 0 aliphatic rings. The molecule has 2 aromatic carbocycles. The number of nitro groups is 1. The minimum absolute atomic E-state index is 0.0132. The lowest BCUT2D eigenvalue weighted by Gasteiger charge is -2.22. The standard InChI is InChI=1S/C22H24N6O6S/c29-11-9-27(10-12-30)17-3-1-16(2-4-17)23-25-21-7-8-22(35-21)26-24-19-6-5-18(28(32)33)15-20(19)34-14-13-31/h1-8,15,29-31H,9-14H2. The van der Waals surface area contributed by atoms with Crippen molar-refractivity contribution in [1.29, 1.82) is 0 Å². The highest BCUT2D eigenvalue weighted by Gasteiger charge is 2.12. The number of ether oxygens (including phenoxy) is 1. The molecule has 3 aromatic rings. The van der Waals surface area contributed by atoms with Crippen LogP contribution in [-0.2, 0) is 0 Å². The van der Waals surface area contributed by atoms with Crippen molar-refractivity contribution in [2.45, 2.75) is 0 Å². The second-order valence-electron chi connectivity index (χ2n) is 6.94. The number of nitrogens with zero attached hydrogens (tertiary/aromatic N) is 6. The zero-order valence-electron chi connectivity index (χ0n) is 18.6. The van der Waals surface area contributed by atoms with Crippen LogP contribution in [0.5, 0.6) is 5.75 Å². The van der Waals surface area contributed by atoms with Gasteiger partial charge in [0.1, 0.15) is 22.3 Å². The summed E-state index contributed by atoms with van der Waals surface area (Å²) in [5, 5.41) is 56.1. The molecule has 0 radical (unpaired) electrons. The van der Waals surface area contributed by atoms with Crippen molar-refractivity contribution in [2.75, 3.05) is 44.4 Å². The highest BCUT2D eigenvalue weighted by atomic mass is 32.1. The van der Waals surface area contributed by atoms with Gasteiger partial charge in [-0.25, -0.2) is 0 Å². The van der Waals surface area contributed by atoms with Gasteiger partial charge in [-0.05, 0) is 42.5 Å². The zero-order chi connectivity index (χ0) is 25.0. The van der Waals surface area contributed by atoms with E-state index in [1.54, 1.807) is 24.3 Å². The average Bonchev–Trinajstić information content (AvgIpc) is 3.33. The molecule has 0 saturated carbocycles. The SMILES string of the molecule is O=[N+]([O-])c1ccc(N=Nc2ccc(N=Nc3ccc(N(CCO)CCO)cc3)s2)c(OCCO)c1. The van der Waals surface area contributed by atoms with Crippen LogP contribution in [0.25, 0.3) is 0 Å². The van der Waals surface area contributed by atoms with Crippen molar-refractivity contribution >= 4 is 44.1 Å². The normalized spacial score (nSPS) is 11.4. The van der Waals surface area contributed by atoms with E-state index in [0.29, 0.717) is 28.8 Å². The molecule has 3 N–H and O–H groups in total. The Balaban J connectivity index is 1.68. The Kier molecular flexibility index (Phi) is 9.74. The molecule has 1 aromatic heterocycles. The highest BCUT2D eigenvalue weighted by Crippen LogP contribution is 2.36. The smallest absolute Gasteiger partial charge is 0.273 e. The van der Waals surface area contributed by atoms with Gasteiger partial charge in [0.25, 0.3) is 5.69 Å². The van der Waals surface area contributed by atoms with Gasteiger partial charge in [-0.1, -0.05) is 11.3 Å². The van der Waals surface area contributed by atoms with Crippen LogP contribution in [0.1, 0.15) is 0 Å². The van der Waals surface area contributed by atoms with E-state index < -0.39 is 4.92 Å². The van der Waals surface area contributed by atoms with Crippen LogP contribution in [-0.4, -0.2) is 59.8 Å². The number of hydrogen-bond donors (Lipinski definition) is 3. The first kappa shape index (κ1) is 25.8. The van der Waals surface area contributed by atoms with Crippen LogP contribution in [0.2, 0.25) is 0 Å². The van der Waals surface area contributed by atoms with E-state index in [1.807, 2.05) is 17.0 Å². The maximum atomic E-state index is 11.0. The molecule has 0 aliphatic carbocycles. The minimum atomic E-state index is -0.545. The fourth-order valence-electron chi connectivity index (χ4n) is 2.95. The number of nitro benzene ring substituents is 1. The molecule has 35 heavy (non-hydrogen) atoms. The summed E-state index contributed by atoms with van der Waals surface area (Å²) in [5.74, 6) is 0.147. The molecule has 0 bridgehead atoms. The topological polar surface area (TPSA) is 166 Å². The molecule has 0 atom stereocenters. The summed E-state index contributed by atoms with van der Waals surface area (Å²) in [6, 6.07) is 14.7. The zero-order valence-corrected chi connectivity index (χ0v) is 19.4. The van der Waals surface area contributed by atoms with Crippen molar-refractivity contribution in [1.82, 2.24) is 0 Å². The number of thiophene rings is 1. The molecule has 12 nitrogen and oxygen atoms in total. The summed E-state index contributed by atoms with van der Waals surface area (Å²) in [6.45, 7) is 0.535. The number of aliphatic hydroxyl groups is 3. The second kappa shape index (κ2) is 13.2. The summed E-state index contributed by atoms with van der Waals surface area (Å²) in [7, 11) is 0. The third-order valence-corrected chi connectivity index (χ3v) is 5.41. The van der Waals surface area contributed by atoms with Crippen LogP contribution >= 0.6 is 11.3 Å². The van der Waals surface area contributed by atoms with Crippen LogP contribution in [0.15, 0.2) is 75.1 Å². The fourth-order valence-corrected chi connectivity index (χ4v) is 3.60. The molecular weight excluding hydrogens is 476 g/mol. The number of anilines is 1. The predicted octanol–water partition coefficient (Wildman–Crippen LogP) is 4.65. The Bertz CT molecular complexity index is 1160. The monoisotopic (exact) mass is 500 g/mol. The summed E-state index contributed by atoms with van der Waals surface area (Å²) in [4.78, 5) is 12.3. The lowest BCUT2D eigenvalue weighted by molar-refractivity contribution is -0.384. The van der Waals surface area contributed by atoms with Crippen molar-refractivity contribution < 1.29 is 25.0 Å². The van der Waals surface area contributed by atoms with E-state index in [1.165, 1.54) is 29.5 Å². The minimum Gasteiger partial charge on any atom is -0.489 e. The Labute approximate surface area is 204 Å². The van der Waals surface area contributed by atoms with E-state index >= 15 is 0 Å². The number of aliphatic hydroxyl groups excluding tert-OH is 3. The number of rotatable bonds is 13. The van der Waals surface area contributed by atoms with Gasteiger partial charge in [-0.2, -0.15) is 0 Å². The predicted molar refractivity (Wildman–Crippen MR) is 131 cm³/mol. The molecule has 0 amide bonds. The van der Waals surface area contributed by atoms with Crippen molar-refractivity contribution in [3.05, 3.63) is 64.7 Å². The second-order valence-corrected chi connectivity index (χ2v) is 7.98. The molecule has 0 saturated heterocycles. The number of benzene rings is 2. The van der Waals surface area contributed by atoms with E-state index in [9.17, 15) is 10.1 Å². The van der Waals surface area contributed by atoms with Gasteiger partial charge in [-0.15, -0.1) is 20.5 Å². The van der Waals surface area contributed by atoms with Gasteiger partial charge in [0.05, 0.1) is 36.5 Å². The molecular formula is C22H24N6O6S. The number of non-ortho nitro benzene ring substituents is 1. The number of hydrogen-bond acceptors (Lipinski definition) is 12. The summed E-state index contributed by atoms with van der Waals surface area (Å²) in [5.41, 5.74) is 1.63. The van der Waals surface area contributed by atoms with Crippen LogP contribution in [0.3, 0.4) is 0 Å². The Morgan fingerprint density at radius 2 is 1.51 bits per heavy atom. The van der Waals surface area contributed by atoms with Gasteiger partial charge in [0.2, 0.25) is 0 Å². The Morgan fingerprint density at radius 1 is 0.857 bits per heavy atom. The van der Waals surface area contributed by atoms with Crippen molar-refractivity contribution in [3.8, 4) is 5.75 Å². The van der Waals surface area contributed by atoms with Gasteiger partial charge in [0.15, 0.2) is 5.75 Å². The first-order valence-corrected chi connectivity index (χ1v) is 11.4. The molecule has 0 fully saturated rings. The highest BCUT2D eigenvalue weighted by molar-refractivity contribution is 7.19. The lowest BCUT2D eigenvalue weighted by Crippen LogP contribution is -2.29. The maximum Gasteiger partial charge on any atom is 0.273 e. The van der Waals surface area contributed by atoms with E-state index in [2.05, 4.69) is 20.5 Å². The van der Waals surface area contributed by atoms with Crippen molar-refractivity contribution in [2.24, 2.45) is 20.5 Å². The Morgan fingerprint density at radius 3 is 2.11 bits per heavy atom. The molecule has 0 unspecified atom stereocenters. The summed E-state index contributed by atoms with van der Waals surface area (Å²) >= 11 is 1.25. The lowest BCUT2D eigenvalue weighted by atomic mass is 10.2. The molecule has 0 spiro atoms. The van der Waals surface area contributed by atoms with Gasteiger partial charge < -0.3 is 25.0 Å².